The van der Waals surface area contributed by atoms with Crippen LogP contribution in [0.4, 0.5) is 5.69 Å². The maximum absolute atomic E-state index is 11.5. The molecule has 1 heterocycles. The molecule has 1 rings (SSSR count). The SMILES string of the molecule is CCCOCC(C)Oc1nc(C)c(N=CN(C)CC)cc1C(=O)O. The van der Waals surface area contributed by atoms with Gasteiger partial charge in [-0.1, -0.05) is 6.92 Å². The first-order chi connectivity index (χ1) is 11.4. The van der Waals surface area contributed by atoms with Gasteiger partial charge in [-0.2, -0.15) is 0 Å². The van der Waals surface area contributed by atoms with Crippen LogP contribution in [0.15, 0.2) is 11.1 Å². The summed E-state index contributed by atoms with van der Waals surface area (Å²) in [6.45, 7) is 9.44. The van der Waals surface area contributed by atoms with E-state index in [1.807, 2.05) is 32.7 Å². The molecule has 1 atom stereocenters. The minimum absolute atomic E-state index is 0.00533. The van der Waals surface area contributed by atoms with Crippen LogP contribution in [0, 0.1) is 6.92 Å². The number of aromatic carboxylic acids is 1. The molecule has 1 aromatic rings. The second-order valence-electron chi connectivity index (χ2n) is 5.57. The smallest absolute Gasteiger partial charge is 0.341 e. The van der Waals surface area contributed by atoms with Gasteiger partial charge in [0.1, 0.15) is 11.7 Å². The molecular formula is C17H27N3O4. The molecule has 0 bridgehead atoms. The summed E-state index contributed by atoms with van der Waals surface area (Å²) in [5, 5.41) is 9.42. The van der Waals surface area contributed by atoms with Crippen LogP contribution in [0.3, 0.4) is 0 Å². The lowest BCUT2D eigenvalue weighted by molar-refractivity contribution is 0.0538. The summed E-state index contributed by atoms with van der Waals surface area (Å²) in [6, 6.07) is 1.49. The van der Waals surface area contributed by atoms with Crippen molar-refractivity contribution in [3.63, 3.8) is 0 Å². The molecule has 0 radical (unpaired) electrons. The van der Waals surface area contributed by atoms with Gasteiger partial charge >= 0.3 is 5.97 Å². The molecule has 0 aromatic carbocycles. The van der Waals surface area contributed by atoms with Gasteiger partial charge in [0.15, 0.2) is 0 Å². The fourth-order valence-corrected chi connectivity index (χ4v) is 1.81. The number of carbonyl (C=O) groups is 1. The van der Waals surface area contributed by atoms with Gasteiger partial charge < -0.3 is 19.5 Å². The van der Waals surface area contributed by atoms with Crippen molar-refractivity contribution in [1.82, 2.24) is 9.88 Å². The molecular weight excluding hydrogens is 310 g/mol. The summed E-state index contributed by atoms with van der Waals surface area (Å²) >= 11 is 0. The molecule has 0 aliphatic carbocycles. The zero-order valence-corrected chi connectivity index (χ0v) is 15.1. The van der Waals surface area contributed by atoms with Gasteiger partial charge in [0.25, 0.3) is 0 Å². The lowest BCUT2D eigenvalue weighted by atomic mass is 10.2. The highest BCUT2D eigenvalue weighted by molar-refractivity contribution is 5.91. The van der Waals surface area contributed by atoms with Crippen molar-refractivity contribution in [3.8, 4) is 5.88 Å². The minimum Gasteiger partial charge on any atom is -0.477 e. The van der Waals surface area contributed by atoms with E-state index in [-0.39, 0.29) is 17.5 Å². The van der Waals surface area contributed by atoms with Crippen LogP contribution in [0.5, 0.6) is 5.88 Å². The third kappa shape index (κ3) is 6.16. The highest BCUT2D eigenvalue weighted by Crippen LogP contribution is 2.26. The zero-order chi connectivity index (χ0) is 18.1. The summed E-state index contributed by atoms with van der Waals surface area (Å²) in [4.78, 5) is 22.0. The van der Waals surface area contributed by atoms with E-state index >= 15 is 0 Å². The number of aliphatic imine (C=N–C) groups is 1. The predicted octanol–water partition coefficient (Wildman–Crippen LogP) is 2.89. The first-order valence-electron chi connectivity index (χ1n) is 8.12. The zero-order valence-electron chi connectivity index (χ0n) is 15.1. The summed E-state index contributed by atoms with van der Waals surface area (Å²) in [5.74, 6) is -1.00. The van der Waals surface area contributed by atoms with E-state index in [1.165, 1.54) is 6.07 Å². The Hall–Kier alpha value is -2.15. The number of nitrogens with zero attached hydrogens (tertiary/aromatic N) is 3. The van der Waals surface area contributed by atoms with E-state index in [0.717, 1.165) is 13.0 Å². The lowest BCUT2D eigenvalue weighted by Crippen LogP contribution is -2.21. The Morgan fingerprint density at radius 2 is 2.21 bits per heavy atom. The van der Waals surface area contributed by atoms with Crippen molar-refractivity contribution in [2.45, 2.75) is 40.2 Å². The van der Waals surface area contributed by atoms with Crippen molar-refractivity contribution in [2.24, 2.45) is 4.99 Å². The number of aromatic nitrogens is 1. The second kappa shape index (κ2) is 9.87. The predicted molar refractivity (Wildman–Crippen MR) is 93.6 cm³/mol. The third-order valence-corrected chi connectivity index (χ3v) is 3.29. The van der Waals surface area contributed by atoms with Gasteiger partial charge in [-0.25, -0.2) is 14.8 Å². The number of ether oxygens (including phenoxy) is 2. The molecule has 7 nitrogen and oxygen atoms in total. The number of hydrogen-bond acceptors (Lipinski definition) is 5. The van der Waals surface area contributed by atoms with Crippen LogP contribution in [0.25, 0.3) is 0 Å². The first kappa shape index (κ1) is 19.9. The maximum atomic E-state index is 11.5. The topological polar surface area (TPSA) is 84.3 Å². The molecule has 0 saturated carbocycles. The molecule has 0 spiro atoms. The van der Waals surface area contributed by atoms with E-state index in [0.29, 0.717) is 24.6 Å². The fourth-order valence-electron chi connectivity index (χ4n) is 1.81. The van der Waals surface area contributed by atoms with E-state index in [1.54, 1.807) is 13.3 Å². The largest absolute Gasteiger partial charge is 0.477 e. The average molecular weight is 337 g/mol. The Morgan fingerprint density at radius 3 is 2.79 bits per heavy atom. The van der Waals surface area contributed by atoms with Gasteiger partial charge in [-0.3, -0.25) is 0 Å². The number of carboxylic acid groups (broad SMARTS) is 1. The van der Waals surface area contributed by atoms with Crippen molar-refractivity contribution in [1.29, 1.82) is 0 Å². The number of hydrogen-bond donors (Lipinski definition) is 1. The molecule has 0 amide bonds. The average Bonchev–Trinajstić information content (AvgIpc) is 2.53. The Morgan fingerprint density at radius 1 is 1.50 bits per heavy atom. The molecule has 0 saturated heterocycles. The van der Waals surface area contributed by atoms with Gasteiger partial charge in [-0.05, 0) is 33.3 Å². The summed E-state index contributed by atoms with van der Waals surface area (Å²) in [5.41, 5.74) is 1.11. The molecule has 24 heavy (non-hydrogen) atoms. The molecule has 7 heteroatoms. The lowest BCUT2D eigenvalue weighted by Gasteiger charge is -2.16. The van der Waals surface area contributed by atoms with Crippen molar-refractivity contribution < 1.29 is 19.4 Å². The summed E-state index contributed by atoms with van der Waals surface area (Å²) in [6.07, 6.45) is 2.28. The van der Waals surface area contributed by atoms with Crippen molar-refractivity contribution in [2.75, 3.05) is 26.8 Å². The molecule has 134 valence electrons. The molecule has 0 aliphatic rings. The van der Waals surface area contributed by atoms with Crippen LogP contribution in [0.1, 0.15) is 43.2 Å². The van der Waals surface area contributed by atoms with Crippen LogP contribution in [-0.4, -0.2) is 60.2 Å². The van der Waals surface area contributed by atoms with Crippen LogP contribution in [-0.2, 0) is 4.74 Å². The highest BCUT2D eigenvalue weighted by Gasteiger charge is 2.18. The molecule has 1 aromatic heterocycles. The van der Waals surface area contributed by atoms with Crippen molar-refractivity contribution >= 4 is 18.0 Å². The van der Waals surface area contributed by atoms with E-state index in [2.05, 4.69) is 9.98 Å². The molecule has 1 unspecified atom stereocenters. The summed E-state index contributed by atoms with van der Waals surface area (Å²) in [7, 11) is 1.89. The van der Waals surface area contributed by atoms with Crippen LogP contribution >= 0.6 is 0 Å². The number of rotatable bonds is 10. The van der Waals surface area contributed by atoms with Gasteiger partial charge in [-0.15, -0.1) is 0 Å². The number of carboxylic acids is 1. The molecule has 0 aliphatic heterocycles. The Labute approximate surface area is 143 Å². The maximum Gasteiger partial charge on any atom is 0.341 e. The van der Waals surface area contributed by atoms with Crippen LogP contribution < -0.4 is 4.74 Å². The molecule has 0 fully saturated rings. The van der Waals surface area contributed by atoms with E-state index in [9.17, 15) is 9.90 Å². The van der Waals surface area contributed by atoms with E-state index in [4.69, 9.17) is 9.47 Å². The fraction of sp³-hybridized carbons (Fsp3) is 0.588. The normalized spacial score (nSPS) is 12.4. The monoisotopic (exact) mass is 337 g/mol. The van der Waals surface area contributed by atoms with Crippen molar-refractivity contribution in [3.05, 3.63) is 17.3 Å². The Kier molecular flexibility index (Phi) is 8.18. The van der Waals surface area contributed by atoms with Crippen LogP contribution in [0.2, 0.25) is 0 Å². The standard InChI is InChI=1S/C17H27N3O4/c1-6-8-23-10-12(3)24-16-14(17(21)22)9-15(13(4)19-16)18-11-20(5)7-2/h9,11-12H,6-8,10H2,1-5H3,(H,21,22). The van der Waals surface area contributed by atoms with Gasteiger partial charge in [0, 0.05) is 20.2 Å². The Balaban J connectivity index is 2.98. The quantitative estimate of drug-likeness (QED) is 0.401. The van der Waals surface area contributed by atoms with Gasteiger partial charge in [0.05, 0.1) is 24.3 Å². The van der Waals surface area contributed by atoms with E-state index < -0.39 is 5.97 Å². The third-order valence-electron chi connectivity index (χ3n) is 3.29. The summed E-state index contributed by atoms with van der Waals surface area (Å²) < 4.78 is 11.1. The molecule has 1 N–H and O–H groups in total. The first-order valence-corrected chi connectivity index (χ1v) is 8.12. The Bertz CT molecular complexity index is 575. The minimum atomic E-state index is -1.10. The number of aryl methyl sites for hydroxylation is 1. The second-order valence-corrected chi connectivity index (χ2v) is 5.57. The number of pyridine rings is 1. The highest BCUT2D eigenvalue weighted by atomic mass is 16.5. The van der Waals surface area contributed by atoms with Gasteiger partial charge in [0.2, 0.25) is 5.88 Å².